The van der Waals surface area contributed by atoms with Crippen LogP contribution >= 0.6 is 0 Å². The summed E-state index contributed by atoms with van der Waals surface area (Å²) in [4.78, 5) is 6.54. The molecule has 0 aliphatic carbocycles. The van der Waals surface area contributed by atoms with E-state index in [0.717, 1.165) is 18.8 Å². The Hall–Kier alpha value is -2.65. The summed E-state index contributed by atoms with van der Waals surface area (Å²) in [7, 11) is 0. The van der Waals surface area contributed by atoms with E-state index in [-0.39, 0.29) is 0 Å². The molecule has 0 bridgehead atoms. The molecule has 2 aromatic rings. The molecule has 0 saturated carbocycles. The Kier molecular flexibility index (Phi) is 3.94. The Morgan fingerprint density at radius 2 is 2.00 bits per heavy atom. The summed E-state index contributed by atoms with van der Waals surface area (Å²) in [6, 6.07) is 11.8. The van der Waals surface area contributed by atoms with Crippen LogP contribution in [0.2, 0.25) is 0 Å². The first kappa shape index (κ1) is 13.3. The molecule has 0 spiro atoms. The smallest absolute Gasteiger partial charge is 0.175 e. The SMILES string of the molecule is N#Cc1cnn(-c2ccccc2)c1N=CN1CCOCC1. The summed E-state index contributed by atoms with van der Waals surface area (Å²) in [6.07, 6.45) is 3.30. The highest BCUT2D eigenvalue weighted by Gasteiger charge is 2.12. The number of morpholine rings is 1. The molecule has 1 aliphatic heterocycles. The largest absolute Gasteiger partial charge is 0.378 e. The van der Waals surface area contributed by atoms with Gasteiger partial charge in [-0.2, -0.15) is 10.4 Å². The fraction of sp³-hybridized carbons (Fsp3) is 0.267. The summed E-state index contributed by atoms with van der Waals surface area (Å²) in [5.74, 6) is 0.551. The number of nitriles is 1. The van der Waals surface area contributed by atoms with Crippen molar-refractivity contribution < 1.29 is 4.74 Å². The van der Waals surface area contributed by atoms with Crippen molar-refractivity contribution in [3.8, 4) is 11.8 Å². The average molecular weight is 281 g/mol. The number of para-hydroxylation sites is 1. The maximum absolute atomic E-state index is 9.20. The lowest BCUT2D eigenvalue weighted by Crippen LogP contribution is -2.35. The van der Waals surface area contributed by atoms with Crippen molar-refractivity contribution >= 4 is 12.2 Å². The zero-order chi connectivity index (χ0) is 14.5. The van der Waals surface area contributed by atoms with Gasteiger partial charge in [0.25, 0.3) is 0 Å². The van der Waals surface area contributed by atoms with Crippen LogP contribution in [0.3, 0.4) is 0 Å². The second-order valence-electron chi connectivity index (χ2n) is 4.63. The number of benzene rings is 1. The fourth-order valence-corrected chi connectivity index (χ4v) is 2.13. The molecule has 0 radical (unpaired) electrons. The highest BCUT2D eigenvalue weighted by Crippen LogP contribution is 2.22. The molecule has 1 aliphatic rings. The van der Waals surface area contributed by atoms with Gasteiger partial charge < -0.3 is 9.64 Å². The van der Waals surface area contributed by atoms with Gasteiger partial charge in [0, 0.05) is 13.1 Å². The van der Waals surface area contributed by atoms with Crippen LogP contribution in [0.25, 0.3) is 5.69 Å². The molecule has 0 unspecified atom stereocenters. The van der Waals surface area contributed by atoms with E-state index < -0.39 is 0 Å². The molecule has 1 saturated heterocycles. The van der Waals surface area contributed by atoms with Crippen LogP contribution < -0.4 is 0 Å². The Bertz CT molecular complexity index is 665. The minimum absolute atomic E-state index is 0.461. The molecule has 6 heteroatoms. The first-order valence-corrected chi connectivity index (χ1v) is 6.78. The summed E-state index contributed by atoms with van der Waals surface area (Å²) >= 11 is 0. The van der Waals surface area contributed by atoms with Crippen LogP contribution in [-0.4, -0.2) is 47.3 Å². The highest BCUT2D eigenvalue weighted by atomic mass is 16.5. The van der Waals surface area contributed by atoms with E-state index >= 15 is 0 Å². The molecular weight excluding hydrogens is 266 g/mol. The standard InChI is InChI=1S/C15H15N5O/c16-10-13-11-18-20(14-4-2-1-3-5-14)15(13)17-12-19-6-8-21-9-7-19/h1-5,11-12H,6-9H2. The summed E-state index contributed by atoms with van der Waals surface area (Å²) in [5, 5.41) is 13.5. The number of ether oxygens (including phenoxy) is 1. The second kappa shape index (κ2) is 6.20. The molecule has 3 rings (SSSR count). The molecule has 0 atom stereocenters. The number of nitrogens with zero attached hydrogens (tertiary/aromatic N) is 5. The first-order chi connectivity index (χ1) is 10.4. The fourth-order valence-electron chi connectivity index (χ4n) is 2.13. The number of hydrogen-bond donors (Lipinski definition) is 0. The van der Waals surface area contributed by atoms with Crippen LogP contribution in [0.5, 0.6) is 0 Å². The van der Waals surface area contributed by atoms with E-state index in [2.05, 4.69) is 21.1 Å². The minimum atomic E-state index is 0.461. The molecule has 0 amide bonds. The number of rotatable bonds is 3. The Morgan fingerprint density at radius 3 is 2.71 bits per heavy atom. The van der Waals surface area contributed by atoms with E-state index in [4.69, 9.17) is 4.74 Å². The quantitative estimate of drug-likeness (QED) is 0.635. The van der Waals surface area contributed by atoms with Gasteiger partial charge in [0.05, 0.1) is 31.4 Å². The van der Waals surface area contributed by atoms with E-state index in [0.29, 0.717) is 24.6 Å². The van der Waals surface area contributed by atoms with Crippen LogP contribution in [0.1, 0.15) is 5.56 Å². The molecule has 21 heavy (non-hydrogen) atoms. The van der Waals surface area contributed by atoms with Crippen LogP contribution in [0, 0.1) is 11.3 Å². The highest BCUT2D eigenvalue weighted by molar-refractivity contribution is 5.64. The van der Waals surface area contributed by atoms with Crippen molar-refractivity contribution in [1.82, 2.24) is 14.7 Å². The minimum Gasteiger partial charge on any atom is -0.378 e. The van der Waals surface area contributed by atoms with Gasteiger partial charge in [0.15, 0.2) is 5.82 Å². The maximum Gasteiger partial charge on any atom is 0.175 e. The summed E-state index contributed by atoms with van der Waals surface area (Å²) in [5.41, 5.74) is 1.34. The lowest BCUT2D eigenvalue weighted by molar-refractivity contribution is 0.0701. The van der Waals surface area contributed by atoms with E-state index in [9.17, 15) is 5.26 Å². The molecule has 1 aromatic heterocycles. The van der Waals surface area contributed by atoms with Gasteiger partial charge in [-0.05, 0) is 12.1 Å². The van der Waals surface area contributed by atoms with Crippen molar-refractivity contribution in [2.45, 2.75) is 0 Å². The second-order valence-corrected chi connectivity index (χ2v) is 4.63. The maximum atomic E-state index is 9.20. The normalized spacial score (nSPS) is 15.3. The van der Waals surface area contributed by atoms with Crippen molar-refractivity contribution in [3.63, 3.8) is 0 Å². The van der Waals surface area contributed by atoms with E-state index in [1.165, 1.54) is 0 Å². The summed E-state index contributed by atoms with van der Waals surface area (Å²) < 4.78 is 6.98. The molecule has 1 fully saturated rings. The third-order valence-corrected chi connectivity index (χ3v) is 3.25. The van der Waals surface area contributed by atoms with E-state index in [1.54, 1.807) is 17.2 Å². The molecule has 2 heterocycles. The van der Waals surface area contributed by atoms with Crippen LogP contribution in [0.15, 0.2) is 41.5 Å². The lowest BCUT2D eigenvalue weighted by Gasteiger charge is -2.24. The predicted molar refractivity (Wildman–Crippen MR) is 78.8 cm³/mol. The van der Waals surface area contributed by atoms with Gasteiger partial charge in [0.2, 0.25) is 0 Å². The van der Waals surface area contributed by atoms with Crippen molar-refractivity contribution in [2.75, 3.05) is 26.3 Å². The number of aliphatic imine (C=N–C) groups is 1. The monoisotopic (exact) mass is 281 g/mol. The third-order valence-electron chi connectivity index (χ3n) is 3.25. The zero-order valence-corrected chi connectivity index (χ0v) is 11.5. The third kappa shape index (κ3) is 2.93. The first-order valence-electron chi connectivity index (χ1n) is 6.78. The average Bonchev–Trinajstić information content (AvgIpc) is 2.97. The van der Waals surface area contributed by atoms with Gasteiger partial charge in [-0.25, -0.2) is 9.67 Å². The molecule has 1 aromatic carbocycles. The van der Waals surface area contributed by atoms with Gasteiger partial charge in [-0.1, -0.05) is 18.2 Å². The Labute approximate surface area is 122 Å². The number of hydrogen-bond acceptors (Lipinski definition) is 4. The topological polar surface area (TPSA) is 66.4 Å². The van der Waals surface area contributed by atoms with Crippen molar-refractivity contribution in [1.29, 1.82) is 5.26 Å². The number of aromatic nitrogens is 2. The molecule has 0 N–H and O–H groups in total. The van der Waals surface area contributed by atoms with Gasteiger partial charge >= 0.3 is 0 Å². The van der Waals surface area contributed by atoms with Gasteiger partial charge in [-0.15, -0.1) is 0 Å². The van der Waals surface area contributed by atoms with Gasteiger partial charge in [0.1, 0.15) is 11.6 Å². The van der Waals surface area contributed by atoms with E-state index in [1.807, 2.05) is 30.3 Å². The summed E-state index contributed by atoms with van der Waals surface area (Å²) in [6.45, 7) is 3.03. The predicted octanol–water partition coefficient (Wildman–Crippen LogP) is 1.74. The lowest BCUT2D eigenvalue weighted by atomic mass is 10.3. The van der Waals surface area contributed by atoms with Crippen LogP contribution in [0.4, 0.5) is 5.82 Å². The Morgan fingerprint density at radius 1 is 1.24 bits per heavy atom. The van der Waals surface area contributed by atoms with Crippen molar-refractivity contribution in [3.05, 3.63) is 42.1 Å². The Balaban J connectivity index is 1.91. The zero-order valence-electron chi connectivity index (χ0n) is 11.5. The van der Waals surface area contributed by atoms with Crippen LogP contribution in [-0.2, 0) is 4.74 Å². The van der Waals surface area contributed by atoms with Crippen molar-refractivity contribution in [2.24, 2.45) is 4.99 Å². The molecule has 6 nitrogen and oxygen atoms in total. The molecule has 106 valence electrons. The molecular formula is C15H15N5O. The van der Waals surface area contributed by atoms with Gasteiger partial charge in [-0.3, -0.25) is 0 Å².